The molecule has 2 aliphatic rings. The Hall–Kier alpha value is -2.18. The second kappa shape index (κ2) is 10.8. The molecule has 35 heavy (non-hydrogen) atoms. The number of benzene rings is 2. The third-order valence-electron chi connectivity index (χ3n) is 7.63. The van der Waals surface area contributed by atoms with Crippen LogP contribution in [0.2, 0.25) is 10.0 Å². The fourth-order valence-corrected chi connectivity index (χ4v) is 5.94. The Kier molecular flexibility index (Phi) is 7.59. The normalized spacial score (nSPS) is 22.0. The molecular formula is C28H31Cl2N3O2. The molecule has 0 N–H and O–H groups in total. The van der Waals surface area contributed by atoms with E-state index in [4.69, 9.17) is 27.9 Å². The van der Waals surface area contributed by atoms with E-state index in [0.29, 0.717) is 22.0 Å². The number of piperidine rings is 2. The van der Waals surface area contributed by atoms with E-state index >= 15 is 0 Å². The topological polar surface area (TPSA) is 45.7 Å². The van der Waals surface area contributed by atoms with E-state index in [9.17, 15) is 4.79 Å². The molecule has 3 heterocycles. The van der Waals surface area contributed by atoms with Gasteiger partial charge in [-0.05, 0) is 80.1 Å². The van der Waals surface area contributed by atoms with Crippen molar-refractivity contribution in [2.75, 3.05) is 33.3 Å². The van der Waals surface area contributed by atoms with Crippen LogP contribution in [-0.4, -0.2) is 66.1 Å². The first kappa shape index (κ1) is 24.5. The Labute approximate surface area is 217 Å². The number of likely N-dealkylation sites (tertiary alicyclic amines) is 2. The molecule has 2 fully saturated rings. The van der Waals surface area contributed by atoms with Gasteiger partial charge in [0.1, 0.15) is 0 Å². The van der Waals surface area contributed by atoms with E-state index < -0.39 is 0 Å². The molecule has 1 aromatic heterocycles. The average molecular weight is 512 g/mol. The quantitative estimate of drug-likeness (QED) is 0.439. The van der Waals surface area contributed by atoms with Crippen LogP contribution in [0.15, 0.2) is 54.7 Å². The van der Waals surface area contributed by atoms with E-state index in [2.05, 4.69) is 16.0 Å². The van der Waals surface area contributed by atoms with Crippen molar-refractivity contribution in [3.05, 3.63) is 75.9 Å². The molecule has 5 nitrogen and oxygen atoms in total. The first-order valence-electron chi connectivity index (χ1n) is 12.4. The van der Waals surface area contributed by atoms with Crippen molar-refractivity contribution in [2.24, 2.45) is 5.92 Å². The molecule has 0 aliphatic carbocycles. The summed E-state index contributed by atoms with van der Waals surface area (Å²) in [7, 11) is 1.82. The maximum absolute atomic E-state index is 13.1. The Bertz CT molecular complexity index is 1200. The van der Waals surface area contributed by atoms with Gasteiger partial charge in [0.05, 0.1) is 21.7 Å². The van der Waals surface area contributed by atoms with Crippen molar-refractivity contribution in [3.63, 3.8) is 0 Å². The SMILES string of the molecule is CO[C@@H]1CN(C2CCN(C(=O)c3ccc4ncccc4c3)CC2)CCC1Cc1ccc(Cl)c(Cl)c1. The van der Waals surface area contributed by atoms with Crippen LogP contribution in [0.3, 0.4) is 0 Å². The van der Waals surface area contributed by atoms with Crippen LogP contribution in [0.1, 0.15) is 35.2 Å². The van der Waals surface area contributed by atoms with Crippen molar-refractivity contribution in [2.45, 2.75) is 37.8 Å². The molecule has 0 bridgehead atoms. The lowest BCUT2D eigenvalue weighted by molar-refractivity contribution is -0.0325. The second-order valence-corrected chi connectivity index (χ2v) is 10.5. The first-order chi connectivity index (χ1) is 17.0. The summed E-state index contributed by atoms with van der Waals surface area (Å²) in [6.45, 7) is 3.56. The number of rotatable bonds is 5. The first-order valence-corrected chi connectivity index (χ1v) is 13.1. The third kappa shape index (κ3) is 5.49. The van der Waals surface area contributed by atoms with Gasteiger partial charge in [-0.15, -0.1) is 0 Å². The van der Waals surface area contributed by atoms with E-state index in [-0.39, 0.29) is 12.0 Å². The molecule has 2 aliphatic heterocycles. The van der Waals surface area contributed by atoms with Gasteiger partial charge in [0.25, 0.3) is 5.91 Å². The monoisotopic (exact) mass is 511 g/mol. The molecule has 2 aromatic carbocycles. The van der Waals surface area contributed by atoms with Gasteiger partial charge in [-0.25, -0.2) is 0 Å². The smallest absolute Gasteiger partial charge is 0.253 e. The average Bonchev–Trinajstić information content (AvgIpc) is 2.90. The summed E-state index contributed by atoms with van der Waals surface area (Å²) in [4.78, 5) is 22.1. The molecule has 2 saturated heterocycles. The molecule has 2 atom stereocenters. The fraction of sp³-hybridized carbons (Fsp3) is 0.429. The Morgan fingerprint density at radius 2 is 1.86 bits per heavy atom. The zero-order chi connectivity index (χ0) is 24.4. The van der Waals surface area contributed by atoms with Crippen molar-refractivity contribution in [1.82, 2.24) is 14.8 Å². The highest BCUT2D eigenvalue weighted by atomic mass is 35.5. The molecule has 0 saturated carbocycles. The van der Waals surface area contributed by atoms with E-state index in [1.165, 1.54) is 5.56 Å². The molecule has 5 rings (SSSR count). The maximum Gasteiger partial charge on any atom is 0.253 e. The van der Waals surface area contributed by atoms with Crippen molar-refractivity contribution < 1.29 is 9.53 Å². The van der Waals surface area contributed by atoms with Gasteiger partial charge in [-0.3, -0.25) is 14.7 Å². The predicted molar refractivity (Wildman–Crippen MR) is 141 cm³/mol. The van der Waals surface area contributed by atoms with E-state index in [1.807, 2.05) is 54.5 Å². The summed E-state index contributed by atoms with van der Waals surface area (Å²) in [6, 6.07) is 16.1. The highest BCUT2D eigenvalue weighted by molar-refractivity contribution is 6.42. The van der Waals surface area contributed by atoms with Crippen molar-refractivity contribution in [1.29, 1.82) is 0 Å². The van der Waals surface area contributed by atoms with Gasteiger partial charge in [0.15, 0.2) is 0 Å². The van der Waals surface area contributed by atoms with Crippen LogP contribution in [0, 0.1) is 5.92 Å². The summed E-state index contributed by atoms with van der Waals surface area (Å²) in [5.41, 5.74) is 2.86. The number of pyridine rings is 1. The van der Waals surface area contributed by atoms with Crippen LogP contribution in [-0.2, 0) is 11.2 Å². The summed E-state index contributed by atoms with van der Waals surface area (Å²) in [5, 5.41) is 2.20. The van der Waals surface area contributed by atoms with Crippen LogP contribution >= 0.6 is 23.2 Å². The van der Waals surface area contributed by atoms with Gasteiger partial charge in [-0.2, -0.15) is 0 Å². The number of fused-ring (bicyclic) bond motifs is 1. The third-order valence-corrected chi connectivity index (χ3v) is 8.37. The number of aromatic nitrogens is 1. The summed E-state index contributed by atoms with van der Waals surface area (Å²) >= 11 is 12.3. The molecule has 0 spiro atoms. The molecular weight excluding hydrogens is 481 g/mol. The summed E-state index contributed by atoms with van der Waals surface area (Å²) in [5.74, 6) is 0.571. The zero-order valence-electron chi connectivity index (χ0n) is 20.0. The summed E-state index contributed by atoms with van der Waals surface area (Å²) in [6.07, 6.45) is 5.98. The fourth-order valence-electron chi connectivity index (χ4n) is 5.62. The van der Waals surface area contributed by atoms with Gasteiger partial charge >= 0.3 is 0 Å². The lowest BCUT2D eigenvalue weighted by atomic mass is 9.86. The number of hydrogen-bond acceptors (Lipinski definition) is 4. The molecule has 7 heteroatoms. The minimum Gasteiger partial charge on any atom is -0.380 e. The number of methoxy groups -OCH3 is 1. The maximum atomic E-state index is 13.1. The van der Waals surface area contributed by atoms with Crippen LogP contribution in [0.25, 0.3) is 10.9 Å². The zero-order valence-corrected chi connectivity index (χ0v) is 21.5. The van der Waals surface area contributed by atoms with Gasteiger partial charge < -0.3 is 9.64 Å². The Morgan fingerprint density at radius 1 is 1.03 bits per heavy atom. The molecule has 1 amide bonds. The standard InChI is InChI=1S/C28H31Cl2N3O2/c1-35-27-18-33(12-8-21(27)15-19-4-6-24(29)25(30)16-19)23-9-13-32(14-10-23)28(34)22-5-7-26-20(17-22)3-2-11-31-26/h2-7,11,16-17,21,23,27H,8-10,12-15,18H2,1H3/t21?,27-/m1/s1. The number of halogens is 2. The summed E-state index contributed by atoms with van der Waals surface area (Å²) < 4.78 is 5.93. The van der Waals surface area contributed by atoms with Crippen LogP contribution in [0.4, 0.5) is 0 Å². The Balaban J connectivity index is 1.16. The second-order valence-electron chi connectivity index (χ2n) is 9.70. The number of carbonyl (C=O) groups excluding carboxylic acids is 1. The predicted octanol–water partition coefficient (Wildman–Crippen LogP) is 5.73. The Morgan fingerprint density at radius 3 is 2.63 bits per heavy atom. The van der Waals surface area contributed by atoms with Crippen LogP contribution in [0.5, 0.6) is 0 Å². The molecule has 184 valence electrons. The van der Waals surface area contributed by atoms with Gasteiger partial charge in [0.2, 0.25) is 0 Å². The number of hydrogen-bond donors (Lipinski definition) is 0. The van der Waals surface area contributed by atoms with E-state index in [0.717, 1.165) is 68.3 Å². The number of nitrogens with zero attached hydrogens (tertiary/aromatic N) is 3. The van der Waals surface area contributed by atoms with Crippen LogP contribution < -0.4 is 0 Å². The van der Waals surface area contributed by atoms with Crippen molar-refractivity contribution in [3.8, 4) is 0 Å². The molecule has 1 unspecified atom stereocenters. The highest BCUT2D eigenvalue weighted by Crippen LogP contribution is 2.30. The van der Waals surface area contributed by atoms with Gasteiger partial charge in [-0.1, -0.05) is 35.3 Å². The molecule has 3 aromatic rings. The minimum absolute atomic E-state index is 0.115. The lowest BCUT2D eigenvalue weighted by Crippen LogP contribution is -2.53. The highest BCUT2D eigenvalue weighted by Gasteiger charge is 2.34. The van der Waals surface area contributed by atoms with Crippen molar-refractivity contribution >= 4 is 40.0 Å². The number of amides is 1. The van der Waals surface area contributed by atoms with E-state index in [1.54, 1.807) is 6.20 Å². The molecule has 0 radical (unpaired) electrons. The number of ether oxygens (including phenoxy) is 1. The lowest BCUT2D eigenvalue weighted by Gasteiger charge is -2.44. The van der Waals surface area contributed by atoms with Gasteiger partial charge in [0, 0.05) is 49.9 Å². The largest absolute Gasteiger partial charge is 0.380 e. The minimum atomic E-state index is 0.115. The number of carbonyl (C=O) groups is 1.